The van der Waals surface area contributed by atoms with Crippen LogP contribution in [0.15, 0.2) is 30.6 Å². The van der Waals surface area contributed by atoms with Gasteiger partial charge in [-0.3, -0.25) is 4.68 Å². The number of hydrogen-bond donors (Lipinski definition) is 2. The highest BCUT2D eigenvalue weighted by atomic mass is 15.3. The monoisotopic (exact) mass is 242 g/mol. The lowest BCUT2D eigenvalue weighted by Gasteiger charge is -2.07. The van der Waals surface area contributed by atoms with Crippen LogP contribution in [0.4, 0.5) is 11.8 Å². The molecular formula is C12H14N6. The Morgan fingerprint density at radius 3 is 3.00 bits per heavy atom. The summed E-state index contributed by atoms with van der Waals surface area (Å²) in [4.78, 5) is 8.69. The molecule has 0 saturated carbocycles. The molecule has 1 aliphatic rings. The summed E-state index contributed by atoms with van der Waals surface area (Å²) in [6.07, 6.45) is 6.68. The zero-order valence-corrected chi connectivity index (χ0v) is 10.1. The fourth-order valence-electron chi connectivity index (χ4n) is 1.87. The van der Waals surface area contributed by atoms with Gasteiger partial charge in [0.05, 0.1) is 17.6 Å². The summed E-state index contributed by atoms with van der Waals surface area (Å²) in [7, 11) is 1.87. The van der Waals surface area contributed by atoms with Crippen molar-refractivity contribution in [2.75, 3.05) is 11.9 Å². The van der Waals surface area contributed by atoms with E-state index in [2.05, 4.69) is 31.8 Å². The summed E-state index contributed by atoms with van der Waals surface area (Å²) < 4.78 is 1.74. The molecule has 3 rings (SSSR count). The number of hydrogen-bond acceptors (Lipinski definition) is 5. The van der Waals surface area contributed by atoms with Gasteiger partial charge >= 0.3 is 0 Å². The maximum atomic E-state index is 4.48. The summed E-state index contributed by atoms with van der Waals surface area (Å²) in [6.45, 7) is 0.976. The van der Waals surface area contributed by atoms with Gasteiger partial charge in [-0.25, -0.2) is 9.97 Å². The van der Waals surface area contributed by atoms with E-state index in [1.54, 1.807) is 17.1 Å². The van der Waals surface area contributed by atoms with Crippen molar-refractivity contribution < 1.29 is 0 Å². The zero-order valence-electron chi connectivity index (χ0n) is 10.1. The second-order valence-corrected chi connectivity index (χ2v) is 4.06. The van der Waals surface area contributed by atoms with Crippen LogP contribution in [-0.4, -0.2) is 26.3 Å². The van der Waals surface area contributed by atoms with Crippen molar-refractivity contribution in [3.05, 3.63) is 36.3 Å². The van der Waals surface area contributed by atoms with E-state index in [1.165, 1.54) is 0 Å². The van der Waals surface area contributed by atoms with Crippen molar-refractivity contribution in [2.45, 2.75) is 6.42 Å². The highest BCUT2D eigenvalue weighted by Gasteiger charge is 2.09. The highest BCUT2D eigenvalue weighted by Crippen LogP contribution is 2.16. The van der Waals surface area contributed by atoms with E-state index in [-0.39, 0.29) is 0 Å². The smallest absolute Gasteiger partial charge is 0.228 e. The number of nitrogens with one attached hydrogen (secondary N) is 2. The van der Waals surface area contributed by atoms with E-state index in [4.69, 9.17) is 0 Å². The highest BCUT2D eigenvalue weighted by molar-refractivity contribution is 5.63. The van der Waals surface area contributed by atoms with Gasteiger partial charge < -0.3 is 10.6 Å². The molecule has 18 heavy (non-hydrogen) atoms. The first-order valence-electron chi connectivity index (χ1n) is 5.85. The molecule has 2 aromatic rings. The Labute approximate surface area is 105 Å². The van der Waals surface area contributed by atoms with Crippen molar-refractivity contribution in [1.29, 1.82) is 0 Å². The van der Waals surface area contributed by atoms with Crippen LogP contribution in [0, 0.1) is 0 Å². The number of nitrogens with zero attached hydrogens (tertiary/aromatic N) is 4. The quantitative estimate of drug-likeness (QED) is 0.848. The first-order chi connectivity index (χ1) is 8.83. The molecule has 0 amide bonds. The van der Waals surface area contributed by atoms with E-state index in [0.29, 0.717) is 5.95 Å². The van der Waals surface area contributed by atoms with E-state index in [0.717, 1.165) is 30.2 Å². The molecule has 92 valence electrons. The Morgan fingerprint density at radius 1 is 1.33 bits per heavy atom. The summed E-state index contributed by atoms with van der Waals surface area (Å²) >= 11 is 0. The van der Waals surface area contributed by atoms with Gasteiger partial charge in [-0.2, -0.15) is 5.10 Å². The molecule has 0 spiro atoms. The normalized spacial score (nSPS) is 14.2. The second-order valence-electron chi connectivity index (χ2n) is 4.06. The predicted octanol–water partition coefficient (Wildman–Crippen LogP) is 1.29. The molecule has 0 atom stereocenters. The average Bonchev–Trinajstić information content (AvgIpc) is 3.02. The molecule has 0 aromatic carbocycles. The van der Waals surface area contributed by atoms with Crippen molar-refractivity contribution >= 4 is 17.5 Å². The van der Waals surface area contributed by atoms with Crippen molar-refractivity contribution in [3.63, 3.8) is 0 Å². The lowest BCUT2D eigenvalue weighted by molar-refractivity contribution is 0.775. The third kappa shape index (κ3) is 2.04. The molecule has 0 unspecified atom stereocenters. The van der Waals surface area contributed by atoms with Crippen LogP contribution >= 0.6 is 0 Å². The van der Waals surface area contributed by atoms with Crippen LogP contribution in [0.5, 0.6) is 0 Å². The molecule has 6 nitrogen and oxygen atoms in total. The predicted molar refractivity (Wildman–Crippen MR) is 69.1 cm³/mol. The number of aryl methyl sites for hydroxylation is 1. The first-order valence-corrected chi connectivity index (χ1v) is 5.85. The van der Waals surface area contributed by atoms with Gasteiger partial charge in [0, 0.05) is 25.9 Å². The molecule has 0 saturated heterocycles. The average molecular weight is 242 g/mol. The van der Waals surface area contributed by atoms with Gasteiger partial charge in [-0.15, -0.1) is 0 Å². The van der Waals surface area contributed by atoms with Crippen LogP contribution in [-0.2, 0) is 7.05 Å². The zero-order chi connectivity index (χ0) is 12.4. The van der Waals surface area contributed by atoms with E-state index < -0.39 is 0 Å². The van der Waals surface area contributed by atoms with E-state index >= 15 is 0 Å². The minimum atomic E-state index is 0.575. The minimum Gasteiger partial charge on any atom is -0.383 e. The molecule has 0 fully saturated rings. The van der Waals surface area contributed by atoms with Gasteiger partial charge in [0.2, 0.25) is 5.95 Å². The SMILES string of the molecule is Cn1nccc1Nc1nccc(C2=CCCN2)n1. The van der Waals surface area contributed by atoms with E-state index in [9.17, 15) is 0 Å². The van der Waals surface area contributed by atoms with Crippen LogP contribution in [0.25, 0.3) is 5.70 Å². The van der Waals surface area contributed by atoms with Crippen LogP contribution in [0.1, 0.15) is 12.1 Å². The first kappa shape index (κ1) is 10.8. The third-order valence-electron chi connectivity index (χ3n) is 2.80. The van der Waals surface area contributed by atoms with Gasteiger partial charge in [-0.05, 0) is 12.5 Å². The Bertz CT molecular complexity index is 586. The molecule has 0 aliphatic carbocycles. The van der Waals surface area contributed by atoms with E-state index in [1.807, 2.05) is 19.2 Å². The summed E-state index contributed by atoms with van der Waals surface area (Å²) in [5.74, 6) is 1.44. The Balaban J connectivity index is 1.85. The molecule has 2 aromatic heterocycles. The second kappa shape index (κ2) is 4.48. The van der Waals surface area contributed by atoms with Gasteiger partial charge in [-0.1, -0.05) is 6.08 Å². The van der Waals surface area contributed by atoms with Gasteiger partial charge in [0.15, 0.2) is 0 Å². The van der Waals surface area contributed by atoms with Gasteiger partial charge in [0.1, 0.15) is 5.82 Å². The van der Waals surface area contributed by atoms with Gasteiger partial charge in [0.25, 0.3) is 0 Å². The molecular weight excluding hydrogens is 228 g/mol. The maximum Gasteiger partial charge on any atom is 0.228 e. The maximum absolute atomic E-state index is 4.48. The van der Waals surface area contributed by atoms with Crippen LogP contribution < -0.4 is 10.6 Å². The Morgan fingerprint density at radius 2 is 2.28 bits per heavy atom. The molecule has 0 radical (unpaired) electrons. The third-order valence-corrected chi connectivity index (χ3v) is 2.80. The molecule has 0 bridgehead atoms. The number of rotatable bonds is 3. The standard InChI is InChI=1S/C12H14N6/c1-18-11(5-8-15-18)17-12-14-7-4-10(16-12)9-3-2-6-13-9/h3-5,7-8,13H,2,6H2,1H3,(H,14,16,17). The van der Waals surface area contributed by atoms with Crippen molar-refractivity contribution in [1.82, 2.24) is 25.1 Å². The van der Waals surface area contributed by atoms with Crippen molar-refractivity contribution in [2.24, 2.45) is 7.05 Å². The molecule has 6 heteroatoms. The number of anilines is 2. The molecule has 1 aliphatic heterocycles. The topological polar surface area (TPSA) is 67.7 Å². The molecule has 3 heterocycles. The summed E-state index contributed by atoms with van der Waals surface area (Å²) in [6, 6.07) is 3.78. The van der Waals surface area contributed by atoms with Crippen LogP contribution in [0.2, 0.25) is 0 Å². The lowest BCUT2D eigenvalue weighted by atomic mass is 10.3. The fraction of sp³-hybridized carbons (Fsp3) is 0.250. The van der Waals surface area contributed by atoms with Crippen LogP contribution in [0.3, 0.4) is 0 Å². The Hall–Kier alpha value is -2.37. The molecule has 2 N–H and O–H groups in total. The minimum absolute atomic E-state index is 0.575. The fourth-order valence-corrected chi connectivity index (χ4v) is 1.87. The summed E-state index contributed by atoms with van der Waals surface area (Å²) in [5, 5.41) is 10.5. The number of aromatic nitrogens is 4. The summed E-state index contributed by atoms with van der Waals surface area (Å²) in [5.41, 5.74) is 1.98. The lowest BCUT2D eigenvalue weighted by Crippen LogP contribution is -2.09. The van der Waals surface area contributed by atoms with Crippen molar-refractivity contribution in [3.8, 4) is 0 Å². The Kier molecular flexibility index (Phi) is 2.68. The largest absolute Gasteiger partial charge is 0.383 e.